The fourth-order valence-corrected chi connectivity index (χ4v) is 3.87. The summed E-state index contributed by atoms with van der Waals surface area (Å²) in [4.78, 5) is 24.7. The van der Waals surface area contributed by atoms with Crippen molar-refractivity contribution in [2.45, 2.75) is 13.0 Å². The molecule has 1 aromatic rings. The van der Waals surface area contributed by atoms with Gasteiger partial charge >= 0.3 is 5.97 Å². The number of nitrogens with one attached hydrogen (secondary N) is 1. The van der Waals surface area contributed by atoms with Crippen LogP contribution in [-0.2, 0) is 16.1 Å². The molecule has 0 aliphatic heterocycles. The molecule has 19 heavy (non-hydrogen) atoms. The number of carbonyl (C=O) groups is 2. The van der Waals surface area contributed by atoms with Crippen LogP contribution in [0.1, 0.15) is 11.3 Å². The van der Waals surface area contributed by atoms with Crippen LogP contribution in [-0.4, -0.2) is 17.0 Å². The second kappa shape index (κ2) is 4.81. The second-order valence-electron chi connectivity index (χ2n) is 5.14. The van der Waals surface area contributed by atoms with E-state index in [0.717, 1.165) is 11.3 Å². The zero-order chi connectivity index (χ0) is 13.4. The number of hydrogen-bond donors (Lipinski definition) is 2. The molecule has 0 spiro atoms. The Balaban J connectivity index is 1.68. The van der Waals surface area contributed by atoms with Gasteiger partial charge in [0.1, 0.15) is 0 Å². The van der Waals surface area contributed by atoms with Crippen molar-refractivity contribution in [3.05, 3.63) is 34.5 Å². The molecule has 1 fully saturated rings. The third-order valence-electron chi connectivity index (χ3n) is 4.06. The Morgan fingerprint density at radius 2 is 2.05 bits per heavy atom. The molecular weight excluding hydrogens is 262 g/mol. The molecule has 1 aromatic heterocycles. The van der Waals surface area contributed by atoms with Crippen LogP contribution in [0.2, 0.25) is 0 Å². The largest absolute Gasteiger partial charge is 0.481 e. The van der Waals surface area contributed by atoms with Gasteiger partial charge in [0.05, 0.1) is 18.4 Å². The van der Waals surface area contributed by atoms with E-state index in [2.05, 4.69) is 5.32 Å². The number of aliphatic carboxylic acids is 1. The SMILES string of the molecule is O=C(O)[C@@H]1[C@H](C(=O)NCc2cccs2)[C@@H]2C=C[C@H]1C2. The lowest BCUT2D eigenvalue weighted by atomic mass is 9.82. The van der Waals surface area contributed by atoms with Crippen molar-refractivity contribution in [3.63, 3.8) is 0 Å². The summed E-state index contributed by atoms with van der Waals surface area (Å²) in [5.74, 6) is -1.83. The van der Waals surface area contributed by atoms with Crippen molar-refractivity contribution in [1.29, 1.82) is 0 Å². The fraction of sp³-hybridized carbons (Fsp3) is 0.429. The average Bonchev–Trinajstić information content (AvgIpc) is 3.10. The first kappa shape index (κ1) is 12.4. The highest BCUT2D eigenvalue weighted by Crippen LogP contribution is 2.48. The van der Waals surface area contributed by atoms with E-state index in [1.54, 1.807) is 11.3 Å². The summed E-state index contributed by atoms with van der Waals surface area (Å²) in [6.07, 6.45) is 4.75. The molecular formula is C14H15NO3S. The van der Waals surface area contributed by atoms with Crippen LogP contribution in [0.3, 0.4) is 0 Å². The molecule has 2 aliphatic rings. The average molecular weight is 277 g/mol. The zero-order valence-corrected chi connectivity index (χ0v) is 11.1. The Hall–Kier alpha value is -1.62. The summed E-state index contributed by atoms with van der Waals surface area (Å²) in [6.45, 7) is 0.487. The predicted octanol–water partition coefficient (Wildman–Crippen LogP) is 1.89. The monoisotopic (exact) mass is 277 g/mol. The van der Waals surface area contributed by atoms with Crippen molar-refractivity contribution in [1.82, 2.24) is 5.32 Å². The highest BCUT2D eigenvalue weighted by Gasteiger charge is 2.51. The molecule has 4 nitrogen and oxygen atoms in total. The molecule has 2 aliphatic carbocycles. The summed E-state index contributed by atoms with van der Waals surface area (Å²) in [5.41, 5.74) is 0. The van der Waals surface area contributed by atoms with Crippen molar-refractivity contribution in [2.24, 2.45) is 23.7 Å². The number of amides is 1. The predicted molar refractivity (Wildman–Crippen MR) is 71.5 cm³/mol. The van der Waals surface area contributed by atoms with Crippen LogP contribution in [0.4, 0.5) is 0 Å². The molecule has 2 bridgehead atoms. The summed E-state index contributed by atoms with van der Waals surface area (Å²) >= 11 is 1.58. The molecule has 100 valence electrons. The molecule has 1 heterocycles. The summed E-state index contributed by atoms with van der Waals surface area (Å²) in [6, 6.07) is 3.90. The van der Waals surface area contributed by atoms with Crippen molar-refractivity contribution >= 4 is 23.2 Å². The van der Waals surface area contributed by atoms with Gasteiger partial charge in [-0.1, -0.05) is 18.2 Å². The molecule has 0 saturated heterocycles. The number of carboxylic acids is 1. The van der Waals surface area contributed by atoms with Gasteiger partial charge in [0.25, 0.3) is 0 Å². The topological polar surface area (TPSA) is 66.4 Å². The van der Waals surface area contributed by atoms with Crippen LogP contribution >= 0.6 is 11.3 Å². The summed E-state index contributed by atoms with van der Waals surface area (Å²) in [5, 5.41) is 14.1. The maximum absolute atomic E-state index is 12.2. The molecule has 2 N–H and O–H groups in total. The Kier molecular flexibility index (Phi) is 3.14. The van der Waals surface area contributed by atoms with Crippen molar-refractivity contribution < 1.29 is 14.7 Å². The lowest BCUT2D eigenvalue weighted by molar-refractivity contribution is -0.147. The minimum atomic E-state index is -0.854. The first-order valence-electron chi connectivity index (χ1n) is 6.38. The quantitative estimate of drug-likeness (QED) is 0.826. The van der Waals surface area contributed by atoms with Crippen LogP contribution in [0.5, 0.6) is 0 Å². The first-order chi connectivity index (χ1) is 9.16. The van der Waals surface area contributed by atoms with Gasteiger partial charge in [-0.25, -0.2) is 0 Å². The van der Waals surface area contributed by atoms with E-state index in [0.29, 0.717) is 6.54 Å². The number of hydrogen-bond acceptors (Lipinski definition) is 3. The van der Waals surface area contributed by atoms with Crippen LogP contribution in [0.25, 0.3) is 0 Å². The van der Waals surface area contributed by atoms with Crippen LogP contribution in [0.15, 0.2) is 29.7 Å². The van der Waals surface area contributed by atoms with Gasteiger partial charge in [-0.2, -0.15) is 0 Å². The number of carbonyl (C=O) groups excluding carboxylic acids is 1. The van der Waals surface area contributed by atoms with E-state index in [1.807, 2.05) is 29.7 Å². The lowest BCUT2D eigenvalue weighted by Crippen LogP contribution is -2.39. The van der Waals surface area contributed by atoms with Gasteiger partial charge in [-0.15, -0.1) is 11.3 Å². The minimum Gasteiger partial charge on any atom is -0.481 e. The van der Waals surface area contributed by atoms with Gasteiger partial charge in [0.2, 0.25) is 5.91 Å². The molecule has 1 saturated carbocycles. The van der Waals surface area contributed by atoms with Crippen molar-refractivity contribution in [2.75, 3.05) is 0 Å². The zero-order valence-electron chi connectivity index (χ0n) is 10.3. The fourth-order valence-electron chi connectivity index (χ4n) is 3.22. The molecule has 0 aromatic carbocycles. The van der Waals surface area contributed by atoms with Crippen LogP contribution in [0, 0.1) is 23.7 Å². The molecule has 5 heteroatoms. The molecule has 0 unspecified atom stereocenters. The van der Waals surface area contributed by atoms with E-state index in [9.17, 15) is 14.7 Å². The van der Waals surface area contributed by atoms with Gasteiger partial charge < -0.3 is 10.4 Å². The van der Waals surface area contributed by atoms with Crippen molar-refractivity contribution in [3.8, 4) is 0 Å². The Bertz CT molecular complexity index is 523. The third kappa shape index (κ3) is 2.18. The van der Waals surface area contributed by atoms with Gasteiger partial charge in [-0.3, -0.25) is 9.59 Å². The maximum atomic E-state index is 12.2. The molecule has 1 amide bonds. The summed E-state index contributed by atoms with van der Waals surface area (Å²) < 4.78 is 0. The van der Waals surface area contributed by atoms with Gasteiger partial charge in [-0.05, 0) is 29.7 Å². The molecule has 4 atom stereocenters. The molecule has 0 radical (unpaired) electrons. The highest BCUT2D eigenvalue weighted by molar-refractivity contribution is 7.09. The normalized spacial score (nSPS) is 31.6. The van der Waals surface area contributed by atoms with E-state index in [4.69, 9.17) is 0 Å². The van der Waals surface area contributed by atoms with E-state index in [1.165, 1.54) is 0 Å². The first-order valence-corrected chi connectivity index (χ1v) is 7.26. The highest BCUT2D eigenvalue weighted by atomic mass is 32.1. The number of rotatable bonds is 4. The maximum Gasteiger partial charge on any atom is 0.307 e. The molecule has 3 rings (SSSR count). The number of carboxylic acid groups (broad SMARTS) is 1. The number of fused-ring (bicyclic) bond motifs is 2. The van der Waals surface area contributed by atoms with E-state index in [-0.39, 0.29) is 17.7 Å². The lowest BCUT2D eigenvalue weighted by Gasteiger charge is -2.23. The van der Waals surface area contributed by atoms with E-state index >= 15 is 0 Å². The Labute approximate surface area is 115 Å². The Morgan fingerprint density at radius 1 is 1.32 bits per heavy atom. The second-order valence-corrected chi connectivity index (χ2v) is 6.17. The van der Waals surface area contributed by atoms with Gasteiger partial charge in [0, 0.05) is 4.88 Å². The Morgan fingerprint density at radius 3 is 2.68 bits per heavy atom. The van der Waals surface area contributed by atoms with Crippen LogP contribution < -0.4 is 5.32 Å². The third-order valence-corrected chi connectivity index (χ3v) is 4.94. The smallest absolute Gasteiger partial charge is 0.307 e. The summed E-state index contributed by atoms with van der Waals surface area (Å²) in [7, 11) is 0. The van der Waals surface area contributed by atoms with E-state index < -0.39 is 17.8 Å². The minimum absolute atomic E-state index is 0.0278. The number of allylic oxidation sites excluding steroid dienone is 2. The number of thiophene rings is 1. The van der Waals surface area contributed by atoms with Gasteiger partial charge in [0.15, 0.2) is 0 Å². The standard InChI is InChI=1S/C14H15NO3S/c16-13(15-7-10-2-1-5-19-10)11-8-3-4-9(6-8)12(11)14(17)18/h1-5,8-9,11-12H,6-7H2,(H,15,16)(H,17,18)/t8-,9+,11-,12+/m1/s1.